The third kappa shape index (κ3) is 5.59. The number of Topliss-reactive ketones (excluding diaryl/α,β-unsaturated/α-hetero) is 1. The molecule has 0 radical (unpaired) electrons. The number of amides is 1. The second-order valence-electron chi connectivity index (χ2n) is 12.5. The maximum atomic E-state index is 14.5. The molecular formula is C28H33Cl2F3N4O4. The van der Waals surface area contributed by atoms with Crippen molar-refractivity contribution in [1.29, 1.82) is 0 Å². The van der Waals surface area contributed by atoms with Crippen LogP contribution >= 0.6 is 23.2 Å². The summed E-state index contributed by atoms with van der Waals surface area (Å²) in [6.07, 6.45) is -0.916. The lowest BCUT2D eigenvalue weighted by atomic mass is 9.74. The van der Waals surface area contributed by atoms with Crippen LogP contribution in [-0.2, 0) is 11.0 Å². The first kappa shape index (κ1) is 31.3. The predicted molar refractivity (Wildman–Crippen MR) is 146 cm³/mol. The zero-order chi connectivity index (χ0) is 30.7. The monoisotopic (exact) mass is 616 g/mol. The number of alkyl halides is 3. The Balaban J connectivity index is 1.70. The first-order chi connectivity index (χ1) is 18.8. The fourth-order valence-corrected chi connectivity index (χ4v) is 6.68. The van der Waals surface area contributed by atoms with Crippen molar-refractivity contribution in [2.24, 2.45) is 22.2 Å². The van der Waals surface area contributed by atoms with Gasteiger partial charge in [0.25, 0.3) is 5.91 Å². The van der Waals surface area contributed by atoms with E-state index in [-0.39, 0.29) is 64.6 Å². The van der Waals surface area contributed by atoms with Gasteiger partial charge >= 0.3 is 12.1 Å². The van der Waals surface area contributed by atoms with Gasteiger partial charge in [-0.3, -0.25) is 24.0 Å². The molecule has 2 heterocycles. The molecule has 1 amide bonds. The Labute approximate surface area is 246 Å². The highest BCUT2D eigenvalue weighted by Crippen LogP contribution is 2.68. The number of carbonyl (C=O) groups excluding carboxylic acids is 2. The van der Waals surface area contributed by atoms with Gasteiger partial charge in [-0.2, -0.15) is 18.3 Å². The number of rotatable bonds is 8. The summed E-state index contributed by atoms with van der Waals surface area (Å²) in [5, 5.41) is 13.4. The number of ketones is 1. The fraction of sp³-hybridized carbons (Fsp3) is 0.607. The Kier molecular flexibility index (Phi) is 8.06. The molecule has 2 saturated carbocycles. The van der Waals surface area contributed by atoms with Crippen molar-refractivity contribution in [2.45, 2.75) is 72.5 Å². The Morgan fingerprint density at radius 3 is 2.02 bits per heavy atom. The van der Waals surface area contributed by atoms with Crippen LogP contribution in [0, 0.1) is 22.2 Å². The van der Waals surface area contributed by atoms with Crippen molar-refractivity contribution in [1.82, 2.24) is 19.7 Å². The lowest BCUT2D eigenvalue weighted by Gasteiger charge is -2.34. The summed E-state index contributed by atoms with van der Waals surface area (Å²) in [5.74, 6) is -2.70. The number of aromatic nitrogens is 3. The van der Waals surface area contributed by atoms with Crippen molar-refractivity contribution in [2.75, 3.05) is 13.1 Å². The molecule has 4 rings (SSSR count). The molecule has 0 saturated heterocycles. The molecule has 0 atom stereocenters. The van der Waals surface area contributed by atoms with Gasteiger partial charge < -0.3 is 10.0 Å². The smallest absolute Gasteiger partial charge is 0.433 e. The second-order valence-corrected chi connectivity index (χ2v) is 13.3. The van der Waals surface area contributed by atoms with E-state index in [0.717, 1.165) is 15.8 Å². The molecule has 0 unspecified atom stereocenters. The minimum atomic E-state index is -4.93. The number of pyridine rings is 1. The molecule has 13 heteroatoms. The molecule has 2 aromatic rings. The van der Waals surface area contributed by atoms with Crippen molar-refractivity contribution in [3.05, 3.63) is 45.5 Å². The molecule has 0 aromatic carbocycles. The number of aliphatic carboxylic acids is 1. The maximum absolute atomic E-state index is 14.5. The molecule has 41 heavy (non-hydrogen) atoms. The third-order valence-corrected chi connectivity index (χ3v) is 10.3. The number of halogens is 5. The van der Waals surface area contributed by atoms with E-state index in [4.69, 9.17) is 23.2 Å². The van der Waals surface area contributed by atoms with Gasteiger partial charge in [-0.25, -0.2) is 0 Å². The van der Waals surface area contributed by atoms with E-state index in [2.05, 4.69) is 10.1 Å². The minimum Gasteiger partial charge on any atom is -0.481 e. The highest BCUT2D eigenvalue weighted by atomic mass is 35.5. The van der Waals surface area contributed by atoms with E-state index >= 15 is 0 Å². The summed E-state index contributed by atoms with van der Waals surface area (Å²) in [5.41, 5.74) is -3.42. The van der Waals surface area contributed by atoms with Crippen LogP contribution in [0.4, 0.5) is 13.2 Å². The predicted octanol–water partition coefficient (Wildman–Crippen LogP) is 6.82. The molecular weight excluding hydrogens is 584 g/mol. The van der Waals surface area contributed by atoms with Crippen LogP contribution in [-0.4, -0.2) is 55.5 Å². The number of carboxylic acid groups (broad SMARTS) is 1. The molecule has 2 aliphatic rings. The van der Waals surface area contributed by atoms with Crippen molar-refractivity contribution in [3.8, 4) is 0 Å². The van der Waals surface area contributed by atoms with E-state index in [9.17, 15) is 32.7 Å². The van der Waals surface area contributed by atoms with E-state index in [1.807, 2.05) is 27.7 Å². The molecule has 224 valence electrons. The van der Waals surface area contributed by atoms with Crippen LogP contribution in [0.15, 0.2) is 18.6 Å². The SMILES string of the molecule is CC1(C(=O)O)CCC(n2ncc(C(=O)N(CC(=O)c3c(Cl)cncc3Cl)CC3C(C)(C)C3(C)C)c2C(F)(F)F)CC1. The number of nitrogens with zero attached hydrogens (tertiary/aromatic N) is 4. The summed E-state index contributed by atoms with van der Waals surface area (Å²) < 4.78 is 44.4. The maximum Gasteiger partial charge on any atom is 0.433 e. The Bertz CT molecular complexity index is 1350. The fourth-order valence-electron chi connectivity index (χ4n) is 6.11. The van der Waals surface area contributed by atoms with Crippen LogP contribution in [0.5, 0.6) is 0 Å². The lowest BCUT2D eigenvalue weighted by molar-refractivity contribution is -0.152. The molecule has 0 bridgehead atoms. The van der Waals surface area contributed by atoms with E-state index in [0.29, 0.717) is 0 Å². The molecule has 2 aliphatic carbocycles. The molecule has 0 spiro atoms. The minimum absolute atomic E-state index is 0.0311. The van der Waals surface area contributed by atoms with Gasteiger partial charge in [-0.05, 0) is 49.4 Å². The molecule has 1 N–H and O–H groups in total. The summed E-state index contributed by atoms with van der Waals surface area (Å²) in [6, 6.07) is -0.730. The number of hydrogen-bond acceptors (Lipinski definition) is 5. The quantitative estimate of drug-likeness (QED) is 0.326. The van der Waals surface area contributed by atoms with Crippen molar-refractivity contribution < 1.29 is 32.7 Å². The molecule has 2 fully saturated rings. The standard InChI is InChI=1S/C28H33Cl2F3N4O4/c1-25(2)20(26(25,3)4)14-36(13-19(38)21-17(29)11-34-12-18(21)30)23(39)16-10-35-37(22(16)28(31,32)33)15-6-8-27(5,9-7-15)24(40)41/h10-12,15,20H,6-9,13-14H2,1-5H3,(H,40,41). The summed E-state index contributed by atoms with van der Waals surface area (Å²) in [7, 11) is 0. The Hall–Kier alpha value is -2.66. The van der Waals surface area contributed by atoms with Gasteiger partial charge in [0.15, 0.2) is 11.5 Å². The van der Waals surface area contributed by atoms with Gasteiger partial charge in [0.2, 0.25) is 0 Å². The second kappa shape index (κ2) is 10.6. The highest BCUT2D eigenvalue weighted by Gasteiger charge is 2.65. The van der Waals surface area contributed by atoms with Gasteiger partial charge in [0.05, 0.1) is 45.4 Å². The molecule has 0 aliphatic heterocycles. The summed E-state index contributed by atoms with van der Waals surface area (Å²) >= 11 is 12.3. The molecule has 2 aromatic heterocycles. The van der Waals surface area contributed by atoms with Gasteiger partial charge in [-0.15, -0.1) is 0 Å². The third-order valence-electron chi connectivity index (χ3n) is 9.69. The number of hydrogen-bond donors (Lipinski definition) is 1. The number of carboxylic acids is 1. The van der Waals surface area contributed by atoms with Crippen LogP contribution in [0.2, 0.25) is 10.0 Å². The first-order valence-electron chi connectivity index (χ1n) is 13.3. The van der Waals surface area contributed by atoms with E-state index in [1.165, 1.54) is 12.4 Å². The van der Waals surface area contributed by atoms with Crippen LogP contribution in [0.1, 0.15) is 92.8 Å². The topological polar surface area (TPSA) is 105 Å². The van der Waals surface area contributed by atoms with Gasteiger partial charge in [0.1, 0.15) is 0 Å². The van der Waals surface area contributed by atoms with Gasteiger partial charge in [0, 0.05) is 18.9 Å². The van der Waals surface area contributed by atoms with Crippen LogP contribution in [0.25, 0.3) is 0 Å². The van der Waals surface area contributed by atoms with E-state index in [1.54, 1.807) is 6.92 Å². The van der Waals surface area contributed by atoms with Gasteiger partial charge in [-0.1, -0.05) is 50.9 Å². The Morgan fingerprint density at radius 2 is 1.56 bits per heavy atom. The lowest BCUT2D eigenvalue weighted by Crippen LogP contribution is -2.39. The largest absolute Gasteiger partial charge is 0.481 e. The van der Waals surface area contributed by atoms with Crippen LogP contribution < -0.4 is 0 Å². The zero-order valence-corrected chi connectivity index (χ0v) is 25.0. The summed E-state index contributed by atoms with van der Waals surface area (Å²) in [6.45, 7) is 9.09. The Morgan fingerprint density at radius 1 is 1.02 bits per heavy atom. The highest BCUT2D eigenvalue weighted by molar-refractivity contribution is 6.39. The number of carbonyl (C=O) groups is 3. The molecule has 8 nitrogen and oxygen atoms in total. The average Bonchev–Trinajstić information content (AvgIpc) is 3.17. The summed E-state index contributed by atoms with van der Waals surface area (Å²) in [4.78, 5) is 43.8. The first-order valence-corrected chi connectivity index (χ1v) is 14.1. The normalized spacial score (nSPS) is 23.7. The van der Waals surface area contributed by atoms with Crippen molar-refractivity contribution >= 4 is 40.9 Å². The van der Waals surface area contributed by atoms with Crippen LogP contribution in [0.3, 0.4) is 0 Å². The van der Waals surface area contributed by atoms with E-state index < -0.39 is 53.1 Å². The zero-order valence-electron chi connectivity index (χ0n) is 23.5. The average molecular weight is 617 g/mol. The van der Waals surface area contributed by atoms with Crippen molar-refractivity contribution in [3.63, 3.8) is 0 Å².